The molecule has 2 heterocycles. The highest BCUT2D eigenvalue weighted by atomic mass is 127. The van der Waals surface area contributed by atoms with Crippen LogP contribution < -0.4 is 10.2 Å². The fourth-order valence-electron chi connectivity index (χ4n) is 3.70. The number of nitrogens with zero attached hydrogens (tertiary/aromatic N) is 1. The Kier molecular flexibility index (Phi) is 4.25. The molecular formula is C15H20ClIN2. The van der Waals surface area contributed by atoms with E-state index in [0.29, 0.717) is 18.1 Å². The summed E-state index contributed by atoms with van der Waals surface area (Å²) in [6, 6.07) is 8.39. The van der Waals surface area contributed by atoms with Gasteiger partial charge in [-0.2, -0.15) is 0 Å². The number of anilines is 1. The third kappa shape index (κ3) is 2.74. The summed E-state index contributed by atoms with van der Waals surface area (Å²) in [5, 5.41) is 4.32. The summed E-state index contributed by atoms with van der Waals surface area (Å²) in [4.78, 5) is 2.68. The zero-order chi connectivity index (χ0) is 13.4. The number of fused-ring (bicyclic) bond motifs is 2. The Morgan fingerprint density at radius 1 is 1.26 bits per heavy atom. The lowest BCUT2D eigenvalue weighted by Crippen LogP contribution is -2.56. The van der Waals surface area contributed by atoms with E-state index in [4.69, 9.17) is 11.6 Å². The van der Waals surface area contributed by atoms with Crippen LogP contribution in [-0.4, -0.2) is 25.2 Å². The van der Waals surface area contributed by atoms with Crippen LogP contribution in [0.25, 0.3) is 0 Å². The highest BCUT2D eigenvalue weighted by Crippen LogP contribution is 2.39. The Balaban J connectivity index is 1.91. The van der Waals surface area contributed by atoms with Gasteiger partial charge in [0, 0.05) is 26.7 Å². The van der Waals surface area contributed by atoms with Crippen molar-refractivity contribution < 1.29 is 0 Å². The molecule has 0 saturated carbocycles. The van der Waals surface area contributed by atoms with Crippen molar-refractivity contribution >= 4 is 39.9 Å². The predicted molar refractivity (Wildman–Crippen MR) is 90.2 cm³/mol. The molecule has 2 fully saturated rings. The number of hydrogen-bond acceptors (Lipinski definition) is 2. The summed E-state index contributed by atoms with van der Waals surface area (Å²) in [6.07, 6.45) is 6.57. The topological polar surface area (TPSA) is 15.3 Å². The van der Waals surface area contributed by atoms with Crippen LogP contribution in [0.2, 0.25) is 5.02 Å². The van der Waals surface area contributed by atoms with Crippen LogP contribution in [0, 0.1) is 3.57 Å². The Morgan fingerprint density at radius 2 is 1.95 bits per heavy atom. The standard InChI is InChI=1S/C15H20ClIN2/c1-18-11-8-12-3-2-4-13(9-11)19(12)15-6-5-10(16)7-14(15)17/h5-7,11-13,18H,2-4,8-9H2,1H3. The lowest BCUT2D eigenvalue weighted by molar-refractivity contribution is 0.252. The third-order valence-corrected chi connectivity index (χ3v) is 5.67. The van der Waals surface area contributed by atoms with E-state index in [-0.39, 0.29) is 0 Å². The first-order chi connectivity index (χ1) is 9.19. The van der Waals surface area contributed by atoms with Gasteiger partial charge in [-0.05, 0) is 79.9 Å². The Hall–Kier alpha value is -0.000000000000000111. The average Bonchev–Trinajstić information content (AvgIpc) is 2.37. The van der Waals surface area contributed by atoms with Crippen LogP contribution >= 0.6 is 34.2 Å². The number of benzene rings is 1. The smallest absolute Gasteiger partial charge is 0.0507 e. The minimum atomic E-state index is 0.691. The minimum absolute atomic E-state index is 0.691. The molecule has 2 unspecified atom stereocenters. The first-order valence-corrected chi connectivity index (χ1v) is 8.55. The van der Waals surface area contributed by atoms with Crippen LogP contribution in [0.3, 0.4) is 0 Å². The number of piperidine rings is 2. The summed E-state index contributed by atoms with van der Waals surface area (Å²) >= 11 is 8.51. The van der Waals surface area contributed by atoms with Gasteiger partial charge in [0.15, 0.2) is 0 Å². The second kappa shape index (κ2) is 5.78. The largest absolute Gasteiger partial charge is 0.365 e. The van der Waals surface area contributed by atoms with Crippen molar-refractivity contribution in [2.75, 3.05) is 11.9 Å². The number of hydrogen-bond donors (Lipinski definition) is 1. The normalized spacial score (nSPS) is 30.5. The van der Waals surface area contributed by atoms with Gasteiger partial charge in [-0.25, -0.2) is 0 Å². The fourth-order valence-corrected chi connectivity index (χ4v) is 4.85. The first-order valence-electron chi connectivity index (χ1n) is 7.09. The summed E-state index contributed by atoms with van der Waals surface area (Å²) in [7, 11) is 2.10. The Morgan fingerprint density at radius 3 is 2.53 bits per heavy atom. The van der Waals surface area contributed by atoms with E-state index in [1.165, 1.54) is 41.4 Å². The maximum atomic E-state index is 6.09. The van der Waals surface area contributed by atoms with Crippen molar-refractivity contribution in [3.05, 3.63) is 26.8 Å². The molecule has 2 saturated heterocycles. The molecular weight excluding hydrogens is 371 g/mol. The van der Waals surface area contributed by atoms with Gasteiger partial charge in [0.2, 0.25) is 0 Å². The highest BCUT2D eigenvalue weighted by Gasteiger charge is 2.38. The zero-order valence-electron chi connectivity index (χ0n) is 11.2. The van der Waals surface area contributed by atoms with Gasteiger partial charge in [0.05, 0.1) is 5.69 Å². The summed E-state index contributed by atoms with van der Waals surface area (Å²) in [5.74, 6) is 0. The van der Waals surface area contributed by atoms with Gasteiger partial charge in [0.25, 0.3) is 0 Å². The van der Waals surface area contributed by atoms with E-state index in [0.717, 1.165) is 5.02 Å². The Bertz CT molecular complexity index is 451. The van der Waals surface area contributed by atoms with Gasteiger partial charge in [0.1, 0.15) is 0 Å². The van der Waals surface area contributed by atoms with Crippen LogP contribution in [0.4, 0.5) is 5.69 Å². The third-order valence-electron chi connectivity index (χ3n) is 4.57. The molecule has 19 heavy (non-hydrogen) atoms. The Labute approximate surface area is 134 Å². The van der Waals surface area contributed by atoms with Crippen LogP contribution in [0.1, 0.15) is 32.1 Å². The summed E-state index contributed by atoms with van der Waals surface area (Å²) in [5.41, 5.74) is 1.38. The van der Waals surface area contributed by atoms with Crippen molar-refractivity contribution in [2.45, 2.75) is 50.2 Å². The fraction of sp³-hybridized carbons (Fsp3) is 0.600. The van der Waals surface area contributed by atoms with Crippen molar-refractivity contribution in [3.8, 4) is 0 Å². The lowest BCUT2D eigenvalue weighted by Gasteiger charge is -2.50. The second-order valence-corrected chi connectivity index (χ2v) is 7.30. The lowest BCUT2D eigenvalue weighted by atomic mass is 9.81. The maximum absolute atomic E-state index is 6.09. The van der Waals surface area contributed by atoms with E-state index >= 15 is 0 Å². The van der Waals surface area contributed by atoms with Crippen LogP contribution in [0.15, 0.2) is 18.2 Å². The first kappa shape index (κ1) is 14.0. The average molecular weight is 391 g/mol. The molecule has 104 valence electrons. The number of halogens is 2. The summed E-state index contributed by atoms with van der Waals surface area (Å²) in [6.45, 7) is 0. The van der Waals surface area contributed by atoms with E-state index in [2.05, 4.69) is 52.0 Å². The predicted octanol–water partition coefficient (Wildman–Crippen LogP) is 4.05. The molecule has 3 rings (SSSR count). The van der Waals surface area contributed by atoms with Crippen LogP contribution in [0.5, 0.6) is 0 Å². The van der Waals surface area contributed by atoms with E-state index in [1.807, 2.05) is 6.07 Å². The monoisotopic (exact) mass is 390 g/mol. The molecule has 4 heteroatoms. The summed E-state index contributed by atoms with van der Waals surface area (Å²) < 4.78 is 1.28. The van der Waals surface area contributed by atoms with E-state index in [1.54, 1.807) is 0 Å². The maximum Gasteiger partial charge on any atom is 0.0507 e. The van der Waals surface area contributed by atoms with E-state index < -0.39 is 0 Å². The van der Waals surface area contributed by atoms with Crippen molar-refractivity contribution in [1.29, 1.82) is 0 Å². The van der Waals surface area contributed by atoms with Crippen LogP contribution in [-0.2, 0) is 0 Å². The molecule has 2 atom stereocenters. The molecule has 1 N–H and O–H groups in total. The van der Waals surface area contributed by atoms with Gasteiger partial charge in [-0.15, -0.1) is 0 Å². The van der Waals surface area contributed by atoms with Crippen molar-refractivity contribution in [1.82, 2.24) is 5.32 Å². The second-order valence-electron chi connectivity index (χ2n) is 5.70. The van der Waals surface area contributed by atoms with Gasteiger partial charge >= 0.3 is 0 Å². The van der Waals surface area contributed by atoms with Gasteiger partial charge in [-0.3, -0.25) is 0 Å². The quantitative estimate of drug-likeness (QED) is 0.766. The number of rotatable bonds is 2. The molecule has 0 spiro atoms. The molecule has 2 bridgehead atoms. The molecule has 0 aliphatic carbocycles. The van der Waals surface area contributed by atoms with Gasteiger partial charge in [-0.1, -0.05) is 11.6 Å². The highest BCUT2D eigenvalue weighted by molar-refractivity contribution is 14.1. The molecule has 1 aromatic carbocycles. The van der Waals surface area contributed by atoms with E-state index in [9.17, 15) is 0 Å². The number of nitrogens with one attached hydrogen (secondary N) is 1. The molecule has 1 aromatic rings. The van der Waals surface area contributed by atoms with Gasteiger partial charge < -0.3 is 10.2 Å². The molecule has 2 nitrogen and oxygen atoms in total. The molecule has 0 radical (unpaired) electrons. The zero-order valence-corrected chi connectivity index (χ0v) is 14.1. The molecule has 2 aliphatic rings. The molecule has 0 amide bonds. The molecule has 0 aromatic heterocycles. The van der Waals surface area contributed by atoms with Crippen molar-refractivity contribution in [2.24, 2.45) is 0 Å². The minimum Gasteiger partial charge on any atom is -0.365 e. The van der Waals surface area contributed by atoms with Crippen molar-refractivity contribution in [3.63, 3.8) is 0 Å². The molecule has 2 aliphatic heterocycles. The SMILES string of the molecule is CNC1CC2CCCC(C1)N2c1ccc(Cl)cc1I.